The highest BCUT2D eigenvalue weighted by Crippen LogP contribution is 2.18. The Morgan fingerprint density at radius 3 is 3.07 bits per heavy atom. The molecule has 0 amide bonds. The van der Waals surface area contributed by atoms with Crippen molar-refractivity contribution in [2.45, 2.75) is 32.8 Å². The van der Waals surface area contributed by atoms with E-state index in [1.807, 2.05) is 11.8 Å². The highest BCUT2D eigenvalue weighted by Gasteiger charge is 2.15. The van der Waals surface area contributed by atoms with Gasteiger partial charge in [-0.1, -0.05) is 13.8 Å². The van der Waals surface area contributed by atoms with Gasteiger partial charge in [-0.3, -0.25) is 0 Å². The summed E-state index contributed by atoms with van der Waals surface area (Å²) in [6.07, 6.45) is 3.08. The number of rotatable bonds is 7. The normalized spacial score (nSPS) is 24.0. The summed E-state index contributed by atoms with van der Waals surface area (Å²) in [5.74, 6) is 3.23. The number of nitrogens with one attached hydrogen (secondary N) is 1. The predicted molar refractivity (Wildman–Crippen MR) is 64.0 cm³/mol. The zero-order valence-electron chi connectivity index (χ0n) is 9.42. The number of hydrogen-bond donors (Lipinski definition) is 1. The second-order valence-corrected chi connectivity index (χ2v) is 5.16. The smallest absolute Gasteiger partial charge is 0.0666 e. The largest absolute Gasteiger partial charge is 0.377 e. The fourth-order valence-corrected chi connectivity index (χ4v) is 2.81. The van der Waals surface area contributed by atoms with Crippen molar-refractivity contribution >= 4 is 11.8 Å². The summed E-state index contributed by atoms with van der Waals surface area (Å²) in [6.45, 7) is 7.69. The summed E-state index contributed by atoms with van der Waals surface area (Å²) in [6, 6.07) is 0. The van der Waals surface area contributed by atoms with Crippen molar-refractivity contribution in [1.29, 1.82) is 0 Å². The SMILES string of the molecule is CCNCC(C)CSCC1CCCO1. The molecule has 1 rings (SSSR count). The maximum absolute atomic E-state index is 5.58. The van der Waals surface area contributed by atoms with Crippen molar-refractivity contribution in [3.05, 3.63) is 0 Å². The Balaban J connectivity index is 1.91. The molecule has 0 bridgehead atoms. The molecule has 2 unspecified atom stereocenters. The first-order valence-corrected chi connectivity index (χ1v) is 6.88. The van der Waals surface area contributed by atoms with E-state index in [0.717, 1.165) is 25.6 Å². The fourth-order valence-electron chi connectivity index (χ4n) is 1.63. The third-order valence-corrected chi connectivity index (χ3v) is 3.89. The van der Waals surface area contributed by atoms with Crippen LogP contribution in [0.15, 0.2) is 0 Å². The molecule has 0 aromatic carbocycles. The van der Waals surface area contributed by atoms with E-state index in [-0.39, 0.29) is 0 Å². The van der Waals surface area contributed by atoms with Crippen LogP contribution in [0.25, 0.3) is 0 Å². The molecular formula is C11H23NOS. The summed E-state index contributed by atoms with van der Waals surface area (Å²) in [5, 5.41) is 3.38. The molecule has 0 aromatic heterocycles. The first-order valence-electron chi connectivity index (χ1n) is 5.73. The predicted octanol–water partition coefficient (Wildman–Crippen LogP) is 2.14. The molecule has 1 heterocycles. The Labute approximate surface area is 92.2 Å². The molecule has 14 heavy (non-hydrogen) atoms. The summed E-state index contributed by atoms with van der Waals surface area (Å²) >= 11 is 2.04. The first kappa shape index (κ1) is 12.3. The lowest BCUT2D eigenvalue weighted by atomic mass is 10.2. The molecule has 2 nitrogen and oxygen atoms in total. The Bertz CT molecular complexity index is 137. The van der Waals surface area contributed by atoms with E-state index in [9.17, 15) is 0 Å². The van der Waals surface area contributed by atoms with Crippen molar-refractivity contribution in [3.8, 4) is 0 Å². The summed E-state index contributed by atoms with van der Waals surface area (Å²) in [4.78, 5) is 0. The third-order valence-electron chi connectivity index (χ3n) is 2.47. The third kappa shape index (κ3) is 5.23. The second kappa shape index (κ2) is 7.55. The van der Waals surface area contributed by atoms with Crippen LogP contribution in [0.5, 0.6) is 0 Å². The lowest BCUT2D eigenvalue weighted by Crippen LogP contribution is -2.22. The van der Waals surface area contributed by atoms with Gasteiger partial charge in [0, 0.05) is 12.4 Å². The van der Waals surface area contributed by atoms with Gasteiger partial charge in [-0.25, -0.2) is 0 Å². The van der Waals surface area contributed by atoms with E-state index in [0.29, 0.717) is 6.10 Å². The molecular weight excluding hydrogens is 194 g/mol. The summed E-state index contributed by atoms with van der Waals surface area (Å²) in [7, 11) is 0. The topological polar surface area (TPSA) is 21.3 Å². The van der Waals surface area contributed by atoms with Gasteiger partial charge in [-0.15, -0.1) is 0 Å². The molecule has 0 radical (unpaired) electrons. The van der Waals surface area contributed by atoms with Crippen LogP contribution in [0.3, 0.4) is 0 Å². The Morgan fingerprint density at radius 2 is 2.43 bits per heavy atom. The van der Waals surface area contributed by atoms with E-state index < -0.39 is 0 Å². The molecule has 1 fully saturated rings. The zero-order chi connectivity index (χ0) is 10.2. The summed E-state index contributed by atoms with van der Waals surface area (Å²) < 4.78 is 5.58. The molecule has 1 N–H and O–H groups in total. The van der Waals surface area contributed by atoms with Crippen LogP contribution in [0, 0.1) is 5.92 Å². The minimum absolute atomic E-state index is 0.548. The van der Waals surface area contributed by atoms with Crippen LogP contribution in [0.1, 0.15) is 26.7 Å². The van der Waals surface area contributed by atoms with Gasteiger partial charge >= 0.3 is 0 Å². The summed E-state index contributed by atoms with van der Waals surface area (Å²) in [5.41, 5.74) is 0. The van der Waals surface area contributed by atoms with E-state index in [2.05, 4.69) is 19.2 Å². The van der Waals surface area contributed by atoms with Crippen molar-refractivity contribution < 1.29 is 4.74 Å². The van der Waals surface area contributed by atoms with Gasteiger partial charge in [0.15, 0.2) is 0 Å². The van der Waals surface area contributed by atoms with Gasteiger partial charge in [0.1, 0.15) is 0 Å². The molecule has 84 valence electrons. The van der Waals surface area contributed by atoms with Crippen LogP contribution >= 0.6 is 11.8 Å². The van der Waals surface area contributed by atoms with Crippen molar-refractivity contribution in [2.24, 2.45) is 5.92 Å². The number of thioether (sulfide) groups is 1. The molecule has 0 saturated carbocycles. The van der Waals surface area contributed by atoms with E-state index >= 15 is 0 Å². The molecule has 1 aliphatic rings. The number of hydrogen-bond acceptors (Lipinski definition) is 3. The molecule has 2 atom stereocenters. The highest BCUT2D eigenvalue weighted by molar-refractivity contribution is 7.99. The van der Waals surface area contributed by atoms with E-state index in [4.69, 9.17) is 4.74 Å². The molecule has 0 spiro atoms. The lowest BCUT2D eigenvalue weighted by Gasteiger charge is -2.13. The van der Waals surface area contributed by atoms with Gasteiger partial charge < -0.3 is 10.1 Å². The van der Waals surface area contributed by atoms with Crippen molar-refractivity contribution in [2.75, 3.05) is 31.2 Å². The van der Waals surface area contributed by atoms with Crippen molar-refractivity contribution in [3.63, 3.8) is 0 Å². The van der Waals surface area contributed by atoms with Crippen LogP contribution < -0.4 is 5.32 Å². The Morgan fingerprint density at radius 1 is 1.57 bits per heavy atom. The Kier molecular flexibility index (Phi) is 6.65. The second-order valence-electron chi connectivity index (χ2n) is 4.09. The molecule has 0 aliphatic carbocycles. The van der Waals surface area contributed by atoms with Crippen LogP contribution in [0.2, 0.25) is 0 Å². The first-order chi connectivity index (χ1) is 6.83. The van der Waals surface area contributed by atoms with Crippen LogP contribution in [-0.4, -0.2) is 37.3 Å². The van der Waals surface area contributed by atoms with Gasteiger partial charge in [-0.05, 0) is 37.6 Å². The standard InChI is InChI=1S/C11H23NOS/c1-3-12-7-10(2)8-14-9-11-5-4-6-13-11/h10-12H,3-9H2,1-2H3. The average molecular weight is 217 g/mol. The highest BCUT2D eigenvalue weighted by atomic mass is 32.2. The van der Waals surface area contributed by atoms with Crippen LogP contribution in [-0.2, 0) is 4.74 Å². The number of ether oxygens (including phenoxy) is 1. The minimum Gasteiger partial charge on any atom is -0.377 e. The molecule has 1 aliphatic heterocycles. The maximum Gasteiger partial charge on any atom is 0.0666 e. The zero-order valence-corrected chi connectivity index (χ0v) is 10.2. The van der Waals surface area contributed by atoms with Gasteiger partial charge in [0.05, 0.1) is 6.10 Å². The van der Waals surface area contributed by atoms with Crippen LogP contribution in [0.4, 0.5) is 0 Å². The quantitative estimate of drug-likeness (QED) is 0.706. The van der Waals surface area contributed by atoms with E-state index in [1.165, 1.54) is 24.3 Å². The fraction of sp³-hybridized carbons (Fsp3) is 1.00. The van der Waals surface area contributed by atoms with Crippen molar-refractivity contribution in [1.82, 2.24) is 5.32 Å². The van der Waals surface area contributed by atoms with Gasteiger partial charge in [0.2, 0.25) is 0 Å². The minimum atomic E-state index is 0.548. The van der Waals surface area contributed by atoms with Gasteiger partial charge in [0.25, 0.3) is 0 Å². The monoisotopic (exact) mass is 217 g/mol. The molecule has 0 aromatic rings. The Hall–Kier alpha value is 0.270. The molecule has 1 saturated heterocycles. The average Bonchev–Trinajstić information content (AvgIpc) is 2.67. The van der Waals surface area contributed by atoms with Gasteiger partial charge in [-0.2, -0.15) is 11.8 Å². The maximum atomic E-state index is 5.58. The van der Waals surface area contributed by atoms with E-state index in [1.54, 1.807) is 0 Å². The molecule has 3 heteroatoms. The lowest BCUT2D eigenvalue weighted by molar-refractivity contribution is 0.129.